The molecule has 0 spiro atoms. The van der Waals surface area contributed by atoms with Crippen molar-refractivity contribution in [1.29, 1.82) is 0 Å². The van der Waals surface area contributed by atoms with Crippen LogP contribution >= 0.6 is 11.3 Å². The summed E-state index contributed by atoms with van der Waals surface area (Å²) in [6, 6.07) is 14.7. The number of imidazole rings is 1. The smallest absolute Gasteiger partial charge is 0.144 e. The van der Waals surface area contributed by atoms with Gasteiger partial charge in [-0.05, 0) is 25.0 Å². The van der Waals surface area contributed by atoms with E-state index in [2.05, 4.69) is 44.0 Å². The number of aromatic amines is 1. The second-order valence-electron chi connectivity index (χ2n) is 6.57. The summed E-state index contributed by atoms with van der Waals surface area (Å²) in [5, 5.41) is 6.90. The highest BCUT2D eigenvalue weighted by Crippen LogP contribution is 2.40. The van der Waals surface area contributed by atoms with Crippen LogP contribution in [0.15, 0.2) is 55.1 Å². The van der Waals surface area contributed by atoms with Crippen molar-refractivity contribution in [3.63, 3.8) is 0 Å². The molecule has 7 heteroatoms. The fourth-order valence-electron chi connectivity index (χ4n) is 3.49. The molecule has 6 nitrogen and oxygen atoms in total. The van der Waals surface area contributed by atoms with E-state index in [0.29, 0.717) is 6.54 Å². The number of thiophene rings is 1. The molecule has 3 aromatic heterocycles. The molecule has 0 aliphatic carbocycles. The van der Waals surface area contributed by atoms with Gasteiger partial charge in [-0.2, -0.15) is 5.10 Å². The predicted octanol–water partition coefficient (Wildman–Crippen LogP) is 4.30. The van der Waals surface area contributed by atoms with Crippen LogP contribution in [0.25, 0.3) is 21.8 Å². The highest BCUT2D eigenvalue weighted by atomic mass is 32.1. The highest BCUT2D eigenvalue weighted by Gasteiger charge is 2.22. The predicted molar refractivity (Wildman–Crippen MR) is 104 cm³/mol. The van der Waals surface area contributed by atoms with Gasteiger partial charge in [0.25, 0.3) is 0 Å². The van der Waals surface area contributed by atoms with Crippen molar-refractivity contribution >= 4 is 11.3 Å². The van der Waals surface area contributed by atoms with Crippen molar-refractivity contribution in [1.82, 2.24) is 24.7 Å². The van der Waals surface area contributed by atoms with Crippen molar-refractivity contribution < 1.29 is 4.74 Å². The van der Waals surface area contributed by atoms with E-state index in [1.165, 1.54) is 16.1 Å². The van der Waals surface area contributed by atoms with Crippen molar-refractivity contribution in [3.8, 4) is 21.8 Å². The molecule has 4 heterocycles. The lowest BCUT2D eigenvalue weighted by atomic mass is 10.1. The number of nitrogens with zero attached hydrogens (tertiary/aromatic N) is 4. The Morgan fingerprint density at radius 3 is 2.85 bits per heavy atom. The Labute approximate surface area is 160 Å². The van der Waals surface area contributed by atoms with E-state index < -0.39 is 0 Å². The minimum atomic E-state index is 0.231. The van der Waals surface area contributed by atoms with Crippen molar-refractivity contribution in [2.75, 3.05) is 6.61 Å². The Hall–Kier alpha value is -2.77. The number of nitrogens with one attached hydrogen (secondary N) is 1. The quantitative estimate of drug-likeness (QED) is 0.563. The summed E-state index contributed by atoms with van der Waals surface area (Å²) in [6.45, 7) is 1.46. The van der Waals surface area contributed by atoms with E-state index >= 15 is 0 Å². The van der Waals surface area contributed by atoms with E-state index in [4.69, 9.17) is 9.72 Å². The zero-order valence-corrected chi connectivity index (χ0v) is 15.5. The van der Waals surface area contributed by atoms with Gasteiger partial charge < -0.3 is 9.30 Å². The maximum Gasteiger partial charge on any atom is 0.144 e. The topological polar surface area (TPSA) is 68.6 Å². The third kappa shape index (κ3) is 3.20. The summed E-state index contributed by atoms with van der Waals surface area (Å²) in [6.07, 6.45) is 5.88. The van der Waals surface area contributed by atoms with E-state index in [-0.39, 0.29) is 6.10 Å². The largest absolute Gasteiger partial charge is 0.373 e. The zero-order chi connectivity index (χ0) is 18.1. The zero-order valence-electron chi connectivity index (χ0n) is 14.7. The summed E-state index contributed by atoms with van der Waals surface area (Å²) in [4.78, 5) is 11.5. The van der Waals surface area contributed by atoms with Crippen LogP contribution in [0.4, 0.5) is 0 Å². The van der Waals surface area contributed by atoms with Crippen molar-refractivity contribution in [2.24, 2.45) is 0 Å². The van der Waals surface area contributed by atoms with Gasteiger partial charge in [-0.3, -0.25) is 5.10 Å². The monoisotopic (exact) mass is 377 g/mol. The van der Waals surface area contributed by atoms with Crippen LogP contribution in [-0.4, -0.2) is 31.3 Å². The number of aromatic nitrogens is 5. The van der Waals surface area contributed by atoms with Gasteiger partial charge in [-0.1, -0.05) is 30.3 Å². The SMILES string of the molecule is c1ccc(-c2ncn(Cc3ncn[nH]3)c2-c2ccc(C3CCCO3)s2)cc1. The van der Waals surface area contributed by atoms with Gasteiger partial charge in [0.05, 0.1) is 35.2 Å². The average Bonchev–Trinajstić information content (AvgIpc) is 3.48. The second-order valence-corrected chi connectivity index (χ2v) is 7.69. The molecule has 0 radical (unpaired) electrons. The summed E-state index contributed by atoms with van der Waals surface area (Å²) < 4.78 is 8.00. The molecule has 5 rings (SSSR count). The molecule has 1 unspecified atom stereocenters. The van der Waals surface area contributed by atoms with Crippen molar-refractivity contribution in [2.45, 2.75) is 25.5 Å². The highest BCUT2D eigenvalue weighted by molar-refractivity contribution is 7.15. The molecule has 0 bridgehead atoms. The van der Waals surface area contributed by atoms with E-state index in [9.17, 15) is 0 Å². The molecule has 1 aliphatic rings. The molecule has 4 aromatic rings. The molecule has 0 saturated carbocycles. The van der Waals surface area contributed by atoms with Gasteiger partial charge in [0, 0.05) is 17.0 Å². The first-order valence-corrected chi connectivity index (χ1v) is 9.86. The summed E-state index contributed by atoms with van der Waals surface area (Å²) in [7, 11) is 0. The normalized spacial score (nSPS) is 16.8. The van der Waals surface area contributed by atoms with Crippen LogP contribution in [0.5, 0.6) is 0 Å². The van der Waals surface area contributed by atoms with Gasteiger partial charge >= 0.3 is 0 Å². The minimum Gasteiger partial charge on any atom is -0.373 e. The average molecular weight is 377 g/mol. The molecular weight excluding hydrogens is 358 g/mol. The number of benzene rings is 1. The number of hydrogen-bond donors (Lipinski definition) is 1. The Kier molecular flexibility index (Phi) is 4.31. The third-order valence-electron chi connectivity index (χ3n) is 4.78. The molecule has 1 fully saturated rings. The van der Waals surface area contributed by atoms with Crippen LogP contribution < -0.4 is 0 Å². The molecule has 1 aliphatic heterocycles. The maximum atomic E-state index is 5.86. The molecule has 1 N–H and O–H groups in total. The van der Waals surface area contributed by atoms with Gasteiger partial charge in [-0.25, -0.2) is 9.97 Å². The van der Waals surface area contributed by atoms with Crippen LogP contribution in [0.2, 0.25) is 0 Å². The second kappa shape index (κ2) is 7.09. The molecule has 136 valence electrons. The first-order valence-electron chi connectivity index (χ1n) is 9.05. The molecule has 1 aromatic carbocycles. The molecule has 27 heavy (non-hydrogen) atoms. The van der Waals surface area contributed by atoms with E-state index in [1.807, 2.05) is 24.5 Å². The Balaban J connectivity index is 1.58. The maximum absolute atomic E-state index is 5.86. The van der Waals surface area contributed by atoms with Crippen LogP contribution in [0, 0.1) is 0 Å². The lowest BCUT2D eigenvalue weighted by molar-refractivity contribution is 0.114. The molecule has 1 saturated heterocycles. The molecular formula is C20H19N5OS. The van der Waals surface area contributed by atoms with Gasteiger partial charge in [0.1, 0.15) is 12.2 Å². The lowest BCUT2D eigenvalue weighted by Gasteiger charge is -2.08. The summed E-state index contributed by atoms with van der Waals surface area (Å²) in [5.74, 6) is 0.809. The third-order valence-corrected chi connectivity index (χ3v) is 5.96. The lowest BCUT2D eigenvalue weighted by Crippen LogP contribution is -2.02. The van der Waals surface area contributed by atoms with Crippen LogP contribution in [-0.2, 0) is 11.3 Å². The van der Waals surface area contributed by atoms with Gasteiger partial charge in [0.15, 0.2) is 0 Å². The number of rotatable bonds is 5. The van der Waals surface area contributed by atoms with Crippen LogP contribution in [0.1, 0.15) is 29.6 Å². The van der Waals surface area contributed by atoms with E-state index in [0.717, 1.165) is 42.2 Å². The minimum absolute atomic E-state index is 0.231. The standard InChI is InChI=1S/C20H19N5OS/c1-2-5-14(6-3-1)19-20(25(13-22-19)11-18-21-12-23-24-18)17-9-8-16(27-17)15-7-4-10-26-15/h1-3,5-6,8-9,12-13,15H,4,7,10-11H2,(H,21,23,24). The molecule has 1 atom stereocenters. The number of H-pyrrole nitrogens is 1. The number of hydrogen-bond acceptors (Lipinski definition) is 5. The summed E-state index contributed by atoms with van der Waals surface area (Å²) in [5.41, 5.74) is 3.19. The summed E-state index contributed by atoms with van der Waals surface area (Å²) >= 11 is 1.79. The Bertz CT molecular complexity index is 1020. The first kappa shape index (κ1) is 16.4. The van der Waals surface area contributed by atoms with Gasteiger partial charge in [-0.15, -0.1) is 11.3 Å². The Morgan fingerprint density at radius 1 is 1.15 bits per heavy atom. The van der Waals surface area contributed by atoms with E-state index in [1.54, 1.807) is 11.3 Å². The van der Waals surface area contributed by atoms with Crippen molar-refractivity contribution in [3.05, 3.63) is 65.8 Å². The fraction of sp³-hybridized carbons (Fsp3) is 0.250. The van der Waals surface area contributed by atoms with Crippen LogP contribution in [0.3, 0.4) is 0 Å². The fourth-order valence-corrected chi connectivity index (χ4v) is 4.65. The molecule has 0 amide bonds. The van der Waals surface area contributed by atoms with Gasteiger partial charge in [0.2, 0.25) is 0 Å². The number of ether oxygens (including phenoxy) is 1. The Morgan fingerprint density at radius 2 is 2.07 bits per heavy atom. The first-order chi connectivity index (χ1) is 13.4.